The zero-order chi connectivity index (χ0) is 45.1. The zero-order valence-corrected chi connectivity index (χ0v) is 40.6. The molecule has 6 nitrogen and oxygen atoms in total. The van der Waals surface area contributed by atoms with Gasteiger partial charge >= 0.3 is 17.9 Å². The van der Waals surface area contributed by atoms with Gasteiger partial charge in [-0.3, -0.25) is 14.4 Å². The van der Waals surface area contributed by atoms with Crippen molar-refractivity contribution in [2.24, 2.45) is 0 Å². The zero-order valence-electron chi connectivity index (χ0n) is 40.6. The molecule has 1 atom stereocenters. The lowest BCUT2D eigenvalue weighted by Crippen LogP contribution is -2.30. The van der Waals surface area contributed by atoms with Gasteiger partial charge in [0.2, 0.25) is 0 Å². The van der Waals surface area contributed by atoms with E-state index in [1.54, 1.807) is 0 Å². The minimum atomic E-state index is -0.804. The lowest BCUT2D eigenvalue weighted by Gasteiger charge is -2.18. The van der Waals surface area contributed by atoms with Crippen molar-refractivity contribution in [1.82, 2.24) is 0 Å². The van der Waals surface area contributed by atoms with Crippen LogP contribution in [0.5, 0.6) is 0 Å². The Balaban J connectivity index is 4.49. The van der Waals surface area contributed by atoms with E-state index in [1.165, 1.54) is 116 Å². The molecule has 62 heavy (non-hydrogen) atoms. The van der Waals surface area contributed by atoms with Crippen molar-refractivity contribution in [1.29, 1.82) is 0 Å². The fraction of sp³-hybridized carbons (Fsp3) is 0.732. The van der Waals surface area contributed by atoms with Gasteiger partial charge in [0.15, 0.2) is 6.10 Å². The molecule has 356 valence electrons. The van der Waals surface area contributed by atoms with Crippen molar-refractivity contribution in [3.63, 3.8) is 0 Å². The van der Waals surface area contributed by atoms with Crippen LogP contribution in [-0.2, 0) is 28.6 Å². The van der Waals surface area contributed by atoms with Crippen LogP contribution in [0.4, 0.5) is 0 Å². The van der Waals surface area contributed by atoms with Gasteiger partial charge in [0, 0.05) is 19.3 Å². The lowest BCUT2D eigenvalue weighted by molar-refractivity contribution is -0.167. The van der Waals surface area contributed by atoms with Crippen LogP contribution in [0.2, 0.25) is 0 Å². The third kappa shape index (κ3) is 47.9. The standard InChI is InChI=1S/C56H96O6/c1-4-7-10-13-16-19-22-25-27-28-29-32-34-37-40-43-46-49-55(58)61-52-53(51-60-54(57)48-45-42-39-36-33-30-24-21-18-15-12-9-6-3)62-56(59)50-47-44-41-38-35-31-26-23-20-17-14-11-8-5-2/h16,19,21,23-27,29,32,37,40,53H,4-15,17-18,20,22,28,30-31,33-36,38-39,41-52H2,1-3H3/b19-16-,24-21-,26-23-,27-25-,32-29-,40-37-/t53-/m1/s1. The molecule has 0 saturated carbocycles. The van der Waals surface area contributed by atoms with Crippen LogP contribution in [0, 0.1) is 0 Å². The Hall–Kier alpha value is -3.15. The van der Waals surface area contributed by atoms with E-state index in [1.807, 2.05) is 0 Å². The average Bonchev–Trinajstić information content (AvgIpc) is 3.27. The molecule has 0 unspecified atom stereocenters. The quantitative estimate of drug-likeness (QED) is 0.0262. The summed E-state index contributed by atoms with van der Waals surface area (Å²) in [4.78, 5) is 37.9. The average molecular weight is 865 g/mol. The summed E-state index contributed by atoms with van der Waals surface area (Å²) in [5, 5.41) is 0. The summed E-state index contributed by atoms with van der Waals surface area (Å²) in [6, 6.07) is 0. The van der Waals surface area contributed by atoms with E-state index in [0.717, 1.165) is 83.5 Å². The van der Waals surface area contributed by atoms with Crippen LogP contribution >= 0.6 is 0 Å². The van der Waals surface area contributed by atoms with Gasteiger partial charge in [-0.1, -0.05) is 190 Å². The molecule has 0 aromatic heterocycles. The van der Waals surface area contributed by atoms with Gasteiger partial charge in [0.05, 0.1) is 0 Å². The molecule has 0 heterocycles. The van der Waals surface area contributed by atoms with E-state index in [4.69, 9.17) is 14.2 Å². The summed E-state index contributed by atoms with van der Waals surface area (Å²) >= 11 is 0. The number of hydrogen-bond acceptors (Lipinski definition) is 6. The molecular formula is C56H96O6. The van der Waals surface area contributed by atoms with E-state index in [9.17, 15) is 14.4 Å². The third-order valence-corrected chi connectivity index (χ3v) is 10.9. The summed E-state index contributed by atoms with van der Waals surface area (Å²) in [6.45, 7) is 6.52. The Morgan fingerprint density at radius 2 is 0.597 bits per heavy atom. The second-order valence-corrected chi connectivity index (χ2v) is 17.1. The number of carbonyl (C=O) groups is 3. The molecule has 0 aliphatic rings. The van der Waals surface area contributed by atoms with Crippen molar-refractivity contribution in [2.75, 3.05) is 13.2 Å². The van der Waals surface area contributed by atoms with Crippen LogP contribution in [-0.4, -0.2) is 37.2 Å². The van der Waals surface area contributed by atoms with Gasteiger partial charge in [-0.05, 0) is 109 Å². The number of unbranched alkanes of at least 4 members (excludes halogenated alkanes) is 23. The molecule has 0 saturated heterocycles. The van der Waals surface area contributed by atoms with Gasteiger partial charge < -0.3 is 14.2 Å². The highest BCUT2D eigenvalue weighted by molar-refractivity contribution is 5.71. The summed E-state index contributed by atoms with van der Waals surface area (Å²) in [6.07, 6.45) is 63.1. The maximum absolute atomic E-state index is 12.8. The minimum Gasteiger partial charge on any atom is -0.462 e. The van der Waals surface area contributed by atoms with Gasteiger partial charge in [0.25, 0.3) is 0 Å². The SMILES string of the molecule is CCCCC/C=C\C/C=C\C/C=C\C/C=C\CCCC(=O)OC[C@@H](COC(=O)CCCCCCC/C=C\CCCCCC)OC(=O)CCCCCCC/C=C\CCCCCCC. The number of esters is 3. The molecule has 6 heteroatoms. The molecule has 0 N–H and O–H groups in total. The maximum Gasteiger partial charge on any atom is 0.306 e. The number of carbonyl (C=O) groups excluding carboxylic acids is 3. The predicted molar refractivity (Wildman–Crippen MR) is 265 cm³/mol. The fourth-order valence-electron chi connectivity index (χ4n) is 6.95. The van der Waals surface area contributed by atoms with Crippen LogP contribution in [0.15, 0.2) is 72.9 Å². The molecule has 0 aromatic carbocycles. The molecule has 0 spiro atoms. The monoisotopic (exact) mass is 865 g/mol. The first-order valence-electron chi connectivity index (χ1n) is 25.9. The first-order chi connectivity index (χ1) is 30.5. The smallest absolute Gasteiger partial charge is 0.306 e. The minimum absolute atomic E-state index is 0.100. The normalized spacial score (nSPS) is 12.6. The van der Waals surface area contributed by atoms with Crippen LogP contribution < -0.4 is 0 Å². The van der Waals surface area contributed by atoms with Crippen molar-refractivity contribution in [2.45, 2.75) is 252 Å². The van der Waals surface area contributed by atoms with E-state index in [-0.39, 0.29) is 37.5 Å². The number of ether oxygens (including phenoxy) is 3. The molecule has 0 aromatic rings. The molecule has 0 radical (unpaired) electrons. The van der Waals surface area contributed by atoms with Crippen LogP contribution in [0.25, 0.3) is 0 Å². The number of hydrogen-bond donors (Lipinski definition) is 0. The third-order valence-electron chi connectivity index (χ3n) is 10.9. The van der Waals surface area contributed by atoms with Crippen LogP contribution in [0.1, 0.15) is 245 Å². The highest BCUT2D eigenvalue weighted by atomic mass is 16.6. The van der Waals surface area contributed by atoms with Crippen LogP contribution in [0.3, 0.4) is 0 Å². The Labute approximate surface area is 382 Å². The maximum atomic E-state index is 12.8. The van der Waals surface area contributed by atoms with Gasteiger partial charge in [0.1, 0.15) is 13.2 Å². The molecule has 0 amide bonds. The fourth-order valence-corrected chi connectivity index (χ4v) is 6.95. The second-order valence-electron chi connectivity index (χ2n) is 17.1. The molecule has 0 bridgehead atoms. The molecule has 0 rings (SSSR count). The summed E-state index contributed by atoms with van der Waals surface area (Å²) in [5.74, 6) is -0.974. The number of rotatable bonds is 46. The highest BCUT2D eigenvalue weighted by Gasteiger charge is 2.19. The molecular weight excluding hydrogens is 769 g/mol. The van der Waals surface area contributed by atoms with Gasteiger partial charge in [-0.15, -0.1) is 0 Å². The van der Waals surface area contributed by atoms with Crippen molar-refractivity contribution in [3.8, 4) is 0 Å². The second kappa shape index (κ2) is 50.5. The Morgan fingerprint density at radius 1 is 0.323 bits per heavy atom. The Bertz CT molecular complexity index is 1180. The number of allylic oxidation sites excluding steroid dienone is 12. The summed E-state index contributed by atoms with van der Waals surface area (Å²) in [5.41, 5.74) is 0. The molecule has 0 aliphatic carbocycles. The largest absolute Gasteiger partial charge is 0.462 e. The summed E-state index contributed by atoms with van der Waals surface area (Å²) < 4.78 is 16.7. The molecule has 0 fully saturated rings. The van der Waals surface area contributed by atoms with E-state index < -0.39 is 6.10 Å². The van der Waals surface area contributed by atoms with Crippen molar-refractivity contribution < 1.29 is 28.6 Å². The van der Waals surface area contributed by atoms with E-state index >= 15 is 0 Å². The molecule has 0 aliphatic heterocycles. The van der Waals surface area contributed by atoms with Gasteiger partial charge in [-0.25, -0.2) is 0 Å². The topological polar surface area (TPSA) is 78.9 Å². The van der Waals surface area contributed by atoms with E-state index in [0.29, 0.717) is 19.3 Å². The predicted octanol–water partition coefficient (Wildman–Crippen LogP) is 17.0. The Morgan fingerprint density at radius 3 is 1.03 bits per heavy atom. The van der Waals surface area contributed by atoms with Crippen molar-refractivity contribution >= 4 is 17.9 Å². The van der Waals surface area contributed by atoms with Crippen molar-refractivity contribution in [3.05, 3.63) is 72.9 Å². The Kier molecular flexibility index (Phi) is 47.9. The highest BCUT2D eigenvalue weighted by Crippen LogP contribution is 2.13. The van der Waals surface area contributed by atoms with Gasteiger partial charge in [-0.2, -0.15) is 0 Å². The van der Waals surface area contributed by atoms with E-state index in [2.05, 4.69) is 93.7 Å². The summed E-state index contributed by atoms with van der Waals surface area (Å²) in [7, 11) is 0. The first kappa shape index (κ1) is 58.9. The first-order valence-corrected chi connectivity index (χ1v) is 25.9. The lowest BCUT2D eigenvalue weighted by atomic mass is 10.1.